The SMILES string of the molecule is C=CCNC(=O)C(C)(C)C(=O)Nc1ccc(Br)cc1C. The van der Waals surface area contributed by atoms with Crippen LogP contribution in [0.1, 0.15) is 19.4 Å². The van der Waals surface area contributed by atoms with Crippen molar-refractivity contribution in [3.05, 3.63) is 40.9 Å². The second-order valence-electron chi connectivity index (χ2n) is 5.04. The zero-order valence-corrected chi connectivity index (χ0v) is 13.5. The fraction of sp³-hybridized carbons (Fsp3) is 0.333. The zero-order valence-electron chi connectivity index (χ0n) is 11.9. The van der Waals surface area contributed by atoms with Gasteiger partial charge < -0.3 is 10.6 Å². The van der Waals surface area contributed by atoms with Crippen LogP contribution in [-0.4, -0.2) is 18.4 Å². The number of benzene rings is 1. The molecule has 0 fully saturated rings. The minimum absolute atomic E-state index is 0.329. The van der Waals surface area contributed by atoms with Crippen LogP contribution in [0.4, 0.5) is 5.69 Å². The monoisotopic (exact) mass is 338 g/mol. The Morgan fingerprint density at radius 3 is 2.55 bits per heavy atom. The molecule has 2 amide bonds. The van der Waals surface area contributed by atoms with Gasteiger partial charge in [0.15, 0.2) is 0 Å². The van der Waals surface area contributed by atoms with Crippen LogP contribution in [0.15, 0.2) is 35.3 Å². The second kappa shape index (κ2) is 6.70. The first-order chi connectivity index (χ1) is 9.28. The highest BCUT2D eigenvalue weighted by molar-refractivity contribution is 9.10. The minimum atomic E-state index is -1.15. The van der Waals surface area contributed by atoms with Gasteiger partial charge in [0.25, 0.3) is 0 Å². The molecule has 0 atom stereocenters. The van der Waals surface area contributed by atoms with E-state index in [0.29, 0.717) is 12.2 Å². The summed E-state index contributed by atoms with van der Waals surface area (Å²) in [6.45, 7) is 8.95. The molecule has 1 aromatic rings. The van der Waals surface area contributed by atoms with Crippen LogP contribution in [0, 0.1) is 12.3 Å². The smallest absolute Gasteiger partial charge is 0.239 e. The van der Waals surface area contributed by atoms with Crippen molar-refractivity contribution in [2.45, 2.75) is 20.8 Å². The summed E-state index contributed by atoms with van der Waals surface area (Å²) in [4.78, 5) is 24.2. The highest BCUT2D eigenvalue weighted by Crippen LogP contribution is 2.23. The molecule has 0 radical (unpaired) electrons. The van der Waals surface area contributed by atoms with E-state index in [1.54, 1.807) is 26.0 Å². The van der Waals surface area contributed by atoms with Gasteiger partial charge in [-0.3, -0.25) is 9.59 Å². The maximum absolute atomic E-state index is 12.3. The topological polar surface area (TPSA) is 58.2 Å². The number of carbonyl (C=O) groups is 2. The zero-order chi connectivity index (χ0) is 15.3. The standard InChI is InChI=1S/C15H19BrN2O2/c1-5-8-17-13(19)15(3,4)14(20)18-12-7-6-11(16)9-10(12)2/h5-7,9H,1,8H2,2-4H3,(H,17,19)(H,18,20). The lowest BCUT2D eigenvalue weighted by Gasteiger charge is -2.23. The Morgan fingerprint density at radius 1 is 1.35 bits per heavy atom. The van der Waals surface area contributed by atoms with Crippen LogP contribution < -0.4 is 10.6 Å². The Balaban J connectivity index is 2.83. The third-order valence-corrected chi connectivity index (χ3v) is 3.47. The van der Waals surface area contributed by atoms with E-state index in [0.717, 1.165) is 10.0 Å². The van der Waals surface area contributed by atoms with Crippen molar-refractivity contribution in [3.63, 3.8) is 0 Å². The molecule has 0 aliphatic heterocycles. The molecule has 0 aromatic heterocycles. The lowest BCUT2D eigenvalue weighted by Crippen LogP contribution is -2.45. The summed E-state index contributed by atoms with van der Waals surface area (Å²) in [5.41, 5.74) is 0.473. The summed E-state index contributed by atoms with van der Waals surface area (Å²) < 4.78 is 0.941. The molecule has 5 heteroatoms. The maximum Gasteiger partial charge on any atom is 0.239 e. The van der Waals surface area contributed by atoms with Crippen LogP contribution in [0.2, 0.25) is 0 Å². The van der Waals surface area contributed by atoms with Crippen molar-refractivity contribution >= 4 is 33.4 Å². The Kier molecular flexibility index (Phi) is 5.51. The van der Waals surface area contributed by atoms with Gasteiger partial charge in [-0.1, -0.05) is 22.0 Å². The number of amides is 2. The van der Waals surface area contributed by atoms with E-state index in [1.165, 1.54) is 0 Å². The number of anilines is 1. The first-order valence-corrected chi connectivity index (χ1v) is 7.05. The third kappa shape index (κ3) is 3.93. The lowest BCUT2D eigenvalue weighted by molar-refractivity contribution is -0.138. The lowest BCUT2D eigenvalue weighted by atomic mass is 9.90. The van der Waals surface area contributed by atoms with Crippen LogP contribution in [0.5, 0.6) is 0 Å². The Hall–Kier alpha value is -1.62. The van der Waals surface area contributed by atoms with E-state index in [4.69, 9.17) is 0 Å². The molecule has 0 saturated carbocycles. The van der Waals surface area contributed by atoms with Crippen LogP contribution in [0.3, 0.4) is 0 Å². The number of hydrogen-bond donors (Lipinski definition) is 2. The molecule has 108 valence electrons. The number of nitrogens with one attached hydrogen (secondary N) is 2. The fourth-order valence-electron chi connectivity index (χ4n) is 1.53. The van der Waals surface area contributed by atoms with Crippen molar-refractivity contribution in [2.75, 3.05) is 11.9 Å². The normalized spacial score (nSPS) is 10.8. The average molecular weight is 339 g/mol. The number of hydrogen-bond acceptors (Lipinski definition) is 2. The molecule has 0 spiro atoms. The predicted molar refractivity (Wildman–Crippen MR) is 84.5 cm³/mol. The number of halogens is 1. The molecule has 0 aliphatic carbocycles. The number of rotatable bonds is 5. The Morgan fingerprint density at radius 2 is 2.00 bits per heavy atom. The van der Waals surface area contributed by atoms with Gasteiger partial charge in [-0.2, -0.15) is 0 Å². The fourth-order valence-corrected chi connectivity index (χ4v) is 2.01. The van der Waals surface area contributed by atoms with E-state index in [-0.39, 0.29) is 11.8 Å². The maximum atomic E-state index is 12.3. The molecule has 20 heavy (non-hydrogen) atoms. The van der Waals surface area contributed by atoms with Crippen LogP contribution in [-0.2, 0) is 9.59 Å². The Bertz CT molecular complexity index is 539. The van der Waals surface area contributed by atoms with E-state index in [9.17, 15) is 9.59 Å². The van der Waals surface area contributed by atoms with Gasteiger partial charge in [0, 0.05) is 16.7 Å². The highest BCUT2D eigenvalue weighted by atomic mass is 79.9. The molecule has 0 saturated heterocycles. The molecule has 1 rings (SSSR count). The van der Waals surface area contributed by atoms with E-state index >= 15 is 0 Å². The summed E-state index contributed by atoms with van der Waals surface area (Å²) in [6, 6.07) is 5.54. The van der Waals surface area contributed by atoms with Gasteiger partial charge in [0.05, 0.1) is 0 Å². The van der Waals surface area contributed by atoms with Crippen molar-refractivity contribution in [2.24, 2.45) is 5.41 Å². The van der Waals surface area contributed by atoms with Crippen molar-refractivity contribution in [1.29, 1.82) is 0 Å². The minimum Gasteiger partial charge on any atom is -0.352 e. The van der Waals surface area contributed by atoms with E-state index in [2.05, 4.69) is 33.1 Å². The summed E-state index contributed by atoms with van der Waals surface area (Å²) >= 11 is 3.37. The largest absolute Gasteiger partial charge is 0.352 e. The molecule has 0 heterocycles. The molecule has 1 aromatic carbocycles. The molecular formula is C15H19BrN2O2. The summed E-state index contributed by atoms with van der Waals surface area (Å²) in [6.07, 6.45) is 1.57. The summed E-state index contributed by atoms with van der Waals surface area (Å²) in [5, 5.41) is 5.43. The van der Waals surface area contributed by atoms with Gasteiger partial charge in [0.2, 0.25) is 11.8 Å². The molecule has 4 nitrogen and oxygen atoms in total. The molecule has 2 N–H and O–H groups in total. The highest BCUT2D eigenvalue weighted by Gasteiger charge is 2.35. The van der Waals surface area contributed by atoms with Gasteiger partial charge in [-0.25, -0.2) is 0 Å². The number of carbonyl (C=O) groups excluding carboxylic acids is 2. The molecular weight excluding hydrogens is 320 g/mol. The van der Waals surface area contributed by atoms with Crippen molar-refractivity contribution in [3.8, 4) is 0 Å². The van der Waals surface area contributed by atoms with Crippen LogP contribution >= 0.6 is 15.9 Å². The Labute approximate surface area is 127 Å². The first-order valence-electron chi connectivity index (χ1n) is 6.26. The second-order valence-corrected chi connectivity index (χ2v) is 5.95. The average Bonchev–Trinajstić information content (AvgIpc) is 2.38. The summed E-state index contributed by atoms with van der Waals surface area (Å²) in [5.74, 6) is -0.672. The van der Waals surface area contributed by atoms with Gasteiger partial charge in [-0.15, -0.1) is 6.58 Å². The van der Waals surface area contributed by atoms with Gasteiger partial charge >= 0.3 is 0 Å². The van der Waals surface area contributed by atoms with Crippen molar-refractivity contribution < 1.29 is 9.59 Å². The van der Waals surface area contributed by atoms with Gasteiger partial charge in [0.1, 0.15) is 5.41 Å². The van der Waals surface area contributed by atoms with Crippen LogP contribution in [0.25, 0.3) is 0 Å². The number of aryl methyl sites for hydroxylation is 1. The molecule has 0 aliphatic rings. The summed E-state index contributed by atoms with van der Waals surface area (Å²) in [7, 11) is 0. The van der Waals surface area contributed by atoms with Crippen molar-refractivity contribution in [1.82, 2.24) is 5.32 Å². The quantitative estimate of drug-likeness (QED) is 0.640. The third-order valence-electron chi connectivity index (χ3n) is 2.98. The molecule has 0 unspecified atom stereocenters. The first kappa shape index (κ1) is 16.4. The predicted octanol–water partition coefficient (Wildman–Crippen LogP) is 3.02. The van der Waals surface area contributed by atoms with Gasteiger partial charge in [-0.05, 0) is 44.5 Å². The molecule has 0 bridgehead atoms. The van der Waals surface area contributed by atoms with E-state index < -0.39 is 5.41 Å². The van der Waals surface area contributed by atoms with E-state index in [1.807, 2.05) is 19.1 Å².